The normalized spacial score (nSPS) is 19.9. The number of nitrogens with one attached hydrogen (secondary N) is 1. The third kappa shape index (κ3) is 1.93. The first-order chi connectivity index (χ1) is 11.7. The van der Waals surface area contributed by atoms with Gasteiger partial charge in [-0.05, 0) is 18.6 Å². The number of H-pyrrole nitrogens is 1. The van der Waals surface area contributed by atoms with Gasteiger partial charge in [-0.25, -0.2) is 0 Å². The second-order valence-electron chi connectivity index (χ2n) is 6.29. The third-order valence-electron chi connectivity index (χ3n) is 4.85. The van der Waals surface area contributed by atoms with Gasteiger partial charge in [-0.2, -0.15) is 0 Å². The van der Waals surface area contributed by atoms with Crippen molar-refractivity contribution < 1.29 is 9.90 Å². The van der Waals surface area contributed by atoms with Crippen LogP contribution < -0.4 is 4.90 Å². The van der Waals surface area contributed by atoms with E-state index >= 15 is 0 Å². The lowest BCUT2D eigenvalue weighted by molar-refractivity contribution is -0.132. The van der Waals surface area contributed by atoms with Crippen LogP contribution in [0.4, 0.5) is 5.69 Å². The summed E-state index contributed by atoms with van der Waals surface area (Å²) in [4.78, 5) is 18.1. The highest BCUT2D eigenvalue weighted by molar-refractivity contribution is 6.11. The lowest BCUT2D eigenvalue weighted by Gasteiger charge is -2.23. The first kappa shape index (κ1) is 15.0. The molecular weight excluding hydrogens is 300 g/mol. The zero-order valence-electron chi connectivity index (χ0n) is 13.6. The van der Waals surface area contributed by atoms with Crippen molar-refractivity contribution in [3.8, 4) is 0 Å². The Bertz CT molecular complexity index is 915. The second kappa shape index (κ2) is 5.49. The average molecular weight is 320 g/mol. The number of aromatic amines is 1. The number of benzene rings is 2. The number of hydrogen-bond donors (Lipinski definition) is 2. The van der Waals surface area contributed by atoms with Crippen molar-refractivity contribution in [2.24, 2.45) is 0 Å². The molecule has 1 aromatic heterocycles. The maximum Gasteiger partial charge on any atom is 0.268 e. The van der Waals surface area contributed by atoms with Gasteiger partial charge in [-0.15, -0.1) is 0 Å². The van der Waals surface area contributed by atoms with Crippen molar-refractivity contribution in [1.82, 2.24) is 4.98 Å². The van der Waals surface area contributed by atoms with Crippen LogP contribution in [-0.2, 0) is 10.4 Å². The SMILES string of the molecule is CCCCN1C(=O)[C@](O)(c2c[nH]c3ccccc23)c2ccccc21. The van der Waals surface area contributed by atoms with Gasteiger partial charge in [0.15, 0.2) is 5.60 Å². The van der Waals surface area contributed by atoms with Gasteiger partial charge in [0, 0.05) is 34.8 Å². The van der Waals surface area contributed by atoms with Crippen molar-refractivity contribution >= 4 is 22.5 Å². The average Bonchev–Trinajstić information content (AvgIpc) is 3.14. The second-order valence-corrected chi connectivity index (χ2v) is 6.29. The molecule has 4 rings (SSSR count). The monoisotopic (exact) mass is 320 g/mol. The number of aromatic nitrogens is 1. The van der Waals surface area contributed by atoms with Gasteiger partial charge in [0.05, 0.1) is 5.69 Å². The number of aliphatic hydroxyl groups is 1. The molecule has 0 spiro atoms. The Morgan fingerprint density at radius 2 is 1.83 bits per heavy atom. The Morgan fingerprint density at radius 3 is 2.67 bits per heavy atom. The molecule has 1 aliphatic rings. The van der Waals surface area contributed by atoms with E-state index in [1.807, 2.05) is 48.5 Å². The summed E-state index contributed by atoms with van der Waals surface area (Å²) in [6, 6.07) is 15.3. The molecular formula is C20H20N2O2. The summed E-state index contributed by atoms with van der Waals surface area (Å²) in [5, 5.41) is 12.4. The van der Waals surface area contributed by atoms with Crippen molar-refractivity contribution in [1.29, 1.82) is 0 Å². The third-order valence-corrected chi connectivity index (χ3v) is 4.85. The van der Waals surface area contributed by atoms with Crippen LogP contribution in [0, 0.1) is 0 Å². The maximum atomic E-state index is 13.2. The summed E-state index contributed by atoms with van der Waals surface area (Å²) in [6.45, 7) is 2.72. The van der Waals surface area contributed by atoms with E-state index in [1.165, 1.54) is 0 Å². The number of para-hydroxylation sites is 2. The van der Waals surface area contributed by atoms with Gasteiger partial charge < -0.3 is 15.0 Å². The van der Waals surface area contributed by atoms with E-state index in [4.69, 9.17) is 0 Å². The van der Waals surface area contributed by atoms with E-state index < -0.39 is 5.60 Å². The van der Waals surface area contributed by atoms with E-state index in [0.29, 0.717) is 17.7 Å². The first-order valence-corrected chi connectivity index (χ1v) is 8.38. The fourth-order valence-electron chi connectivity index (χ4n) is 3.60. The lowest BCUT2D eigenvalue weighted by atomic mass is 9.87. The van der Waals surface area contributed by atoms with E-state index in [-0.39, 0.29) is 5.91 Å². The van der Waals surface area contributed by atoms with Gasteiger partial charge in [0.1, 0.15) is 0 Å². The number of amides is 1. The molecule has 2 N–H and O–H groups in total. The molecule has 1 atom stereocenters. The fraction of sp³-hybridized carbons (Fsp3) is 0.250. The first-order valence-electron chi connectivity index (χ1n) is 8.38. The number of anilines is 1. The van der Waals surface area contributed by atoms with E-state index in [0.717, 1.165) is 29.4 Å². The molecule has 122 valence electrons. The molecule has 0 unspecified atom stereocenters. The zero-order valence-corrected chi connectivity index (χ0v) is 13.6. The highest BCUT2D eigenvalue weighted by Gasteiger charge is 2.51. The number of unbranched alkanes of at least 4 members (excludes halogenated alkanes) is 1. The Balaban J connectivity index is 1.92. The minimum absolute atomic E-state index is 0.262. The largest absolute Gasteiger partial charge is 0.372 e. The molecule has 2 aromatic carbocycles. The Morgan fingerprint density at radius 1 is 1.08 bits per heavy atom. The van der Waals surface area contributed by atoms with Crippen LogP contribution in [0.2, 0.25) is 0 Å². The number of carbonyl (C=O) groups excluding carboxylic acids is 1. The molecule has 0 saturated carbocycles. The van der Waals surface area contributed by atoms with E-state index in [1.54, 1.807) is 11.1 Å². The Labute approximate surface area is 140 Å². The standard InChI is InChI=1S/C20H20N2O2/c1-2-3-12-22-18-11-7-5-9-15(18)20(24,19(22)23)16-13-21-17-10-6-4-8-14(16)17/h4-11,13,21,24H,2-3,12H2,1H3/t20-/m1/s1. The van der Waals surface area contributed by atoms with Crippen LogP contribution in [-0.4, -0.2) is 22.5 Å². The number of rotatable bonds is 4. The molecule has 1 amide bonds. The van der Waals surface area contributed by atoms with Gasteiger partial charge in [0.25, 0.3) is 5.91 Å². The van der Waals surface area contributed by atoms with Crippen LogP contribution in [0.3, 0.4) is 0 Å². The number of carbonyl (C=O) groups is 1. The van der Waals surface area contributed by atoms with Gasteiger partial charge in [0.2, 0.25) is 0 Å². The minimum atomic E-state index is -1.63. The molecule has 1 aliphatic heterocycles. The van der Waals surface area contributed by atoms with Gasteiger partial charge in [-0.1, -0.05) is 49.7 Å². The molecule has 2 heterocycles. The summed E-state index contributed by atoms with van der Waals surface area (Å²) in [5.41, 5.74) is 1.37. The van der Waals surface area contributed by atoms with Crippen molar-refractivity contribution in [2.75, 3.05) is 11.4 Å². The van der Waals surface area contributed by atoms with Crippen LogP contribution in [0.25, 0.3) is 10.9 Å². The van der Waals surface area contributed by atoms with Crippen molar-refractivity contribution in [3.63, 3.8) is 0 Å². The number of nitrogens with zero attached hydrogens (tertiary/aromatic N) is 1. The summed E-state index contributed by atoms with van der Waals surface area (Å²) in [5.74, 6) is -0.262. The lowest BCUT2D eigenvalue weighted by Crippen LogP contribution is -2.41. The molecule has 3 aromatic rings. The summed E-state index contributed by atoms with van der Waals surface area (Å²) in [7, 11) is 0. The highest BCUT2D eigenvalue weighted by Crippen LogP contribution is 2.46. The van der Waals surface area contributed by atoms with E-state index in [2.05, 4.69) is 11.9 Å². The van der Waals surface area contributed by atoms with Gasteiger partial charge in [-0.3, -0.25) is 4.79 Å². The maximum absolute atomic E-state index is 13.2. The summed E-state index contributed by atoms with van der Waals surface area (Å²) >= 11 is 0. The minimum Gasteiger partial charge on any atom is -0.372 e. The Kier molecular flexibility index (Phi) is 3.43. The van der Waals surface area contributed by atoms with Crippen molar-refractivity contribution in [2.45, 2.75) is 25.4 Å². The number of hydrogen-bond acceptors (Lipinski definition) is 2. The summed E-state index contributed by atoms with van der Waals surface area (Å²) < 4.78 is 0. The van der Waals surface area contributed by atoms with Crippen LogP contribution in [0.15, 0.2) is 54.7 Å². The molecule has 4 heteroatoms. The number of fused-ring (bicyclic) bond motifs is 2. The van der Waals surface area contributed by atoms with Crippen molar-refractivity contribution in [3.05, 3.63) is 65.9 Å². The molecule has 0 saturated heterocycles. The summed E-state index contributed by atoms with van der Waals surface area (Å²) in [6.07, 6.45) is 3.66. The smallest absolute Gasteiger partial charge is 0.268 e. The van der Waals surface area contributed by atoms with E-state index in [9.17, 15) is 9.90 Å². The van der Waals surface area contributed by atoms with Crippen LogP contribution in [0.1, 0.15) is 30.9 Å². The van der Waals surface area contributed by atoms with Crippen LogP contribution >= 0.6 is 0 Å². The molecule has 4 nitrogen and oxygen atoms in total. The topological polar surface area (TPSA) is 56.3 Å². The zero-order chi connectivity index (χ0) is 16.7. The Hall–Kier alpha value is -2.59. The highest BCUT2D eigenvalue weighted by atomic mass is 16.3. The molecule has 24 heavy (non-hydrogen) atoms. The fourth-order valence-corrected chi connectivity index (χ4v) is 3.60. The molecule has 0 bridgehead atoms. The molecule has 0 aliphatic carbocycles. The van der Waals surface area contributed by atoms with Crippen LogP contribution in [0.5, 0.6) is 0 Å². The predicted molar refractivity (Wildman–Crippen MR) is 95.0 cm³/mol. The predicted octanol–water partition coefficient (Wildman–Crippen LogP) is 3.55. The molecule has 0 fully saturated rings. The quantitative estimate of drug-likeness (QED) is 0.772. The van der Waals surface area contributed by atoms with Gasteiger partial charge >= 0.3 is 0 Å². The molecule has 0 radical (unpaired) electrons.